The number of hydrogen-bond donors (Lipinski definition) is 4. The van der Waals surface area contributed by atoms with Crippen LogP contribution in [0.1, 0.15) is 22.5 Å². The molecule has 0 aliphatic carbocycles. The second-order valence-corrected chi connectivity index (χ2v) is 6.64. The zero-order chi connectivity index (χ0) is 20.7. The Balaban J connectivity index is 1.88. The van der Waals surface area contributed by atoms with E-state index in [1.54, 1.807) is 19.1 Å². The predicted octanol–water partition coefficient (Wildman–Crippen LogP) is 2.71. The number of amides is 3. The van der Waals surface area contributed by atoms with E-state index < -0.39 is 30.9 Å². The maximum Gasteiger partial charge on any atom is 0.335 e. The molecule has 0 aliphatic heterocycles. The number of anilines is 1. The zero-order valence-electron chi connectivity index (χ0n) is 14.8. The van der Waals surface area contributed by atoms with Crippen molar-refractivity contribution in [3.05, 3.63) is 35.5 Å². The molecule has 0 aliphatic rings. The Morgan fingerprint density at radius 1 is 1.18 bits per heavy atom. The highest BCUT2D eigenvalue weighted by Crippen LogP contribution is 2.32. The van der Waals surface area contributed by atoms with Crippen molar-refractivity contribution in [2.75, 3.05) is 18.4 Å². The van der Waals surface area contributed by atoms with Gasteiger partial charge in [-0.05, 0) is 24.6 Å². The first kappa shape index (κ1) is 21.2. The molecule has 0 spiro atoms. The van der Waals surface area contributed by atoms with Crippen molar-refractivity contribution >= 4 is 34.4 Å². The van der Waals surface area contributed by atoms with E-state index in [9.17, 15) is 23.2 Å². The molecular weight excluding hydrogens is 394 g/mol. The molecular formula is C17H18F2N4O4S. The molecule has 11 heteroatoms. The van der Waals surface area contributed by atoms with Crippen LogP contribution in [0.3, 0.4) is 0 Å². The van der Waals surface area contributed by atoms with Crippen LogP contribution >= 0.6 is 11.3 Å². The fourth-order valence-corrected chi connectivity index (χ4v) is 3.16. The van der Waals surface area contributed by atoms with Crippen LogP contribution < -0.4 is 16.0 Å². The first-order valence-corrected chi connectivity index (χ1v) is 8.98. The van der Waals surface area contributed by atoms with Crippen LogP contribution in [0.15, 0.2) is 24.3 Å². The van der Waals surface area contributed by atoms with Crippen LogP contribution in [0.2, 0.25) is 0 Å². The van der Waals surface area contributed by atoms with Crippen molar-refractivity contribution in [1.82, 2.24) is 15.6 Å². The first-order valence-electron chi connectivity index (χ1n) is 8.17. The number of hydrogen-bond acceptors (Lipinski definition) is 5. The number of rotatable bonds is 8. The number of aromatic nitrogens is 1. The SMILES string of the molecule is Cc1nc(NC(=O)NCCC(=O)NCC(F)F)sc1-c1ccc(C(=O)O)cc1. The van der Waals surface area contributed by atoms with Gasteiger partial charge in [0.25, 0.3) is 6.43 Å². The summed E-state index contributed by atoms with van der Waals surface area (Å²) in [6.45, 7) is 1.02. The summed E-state index contributed by atoms with van der Waals surface area (Å²) < 4.78 is 23.9. The van der Waals surface area contributed by atoms with E-state index >= 15 is 0 Å². The molecule has 0 bridgehead atoms. The molecule has 4 N–H and O–H groups in total. The predicted molar refractivity (Wildman–Crippen MR) is 99.9 cm³/mol. The van der Waals surface area contributed by atoms with E-state index in [1.165, 1.54) is 23.5 Å². The van der Waals surface area contributed by atoms with E-state index in [0.717, 1.165) is 10.4 Å². The van der Waals surface area contributed by atoms with Crippen LogP contribution in [0.5, 0.6) is 0 Å². The number of aryl methyl sites for hydroxylation is 1. The lowest BCUT2D eigenvalue weighted by molar-refractivity contribution is -0.121. The number of benzene rings is 1. The summed E-state index contributed by atoms with van der Waals surface area (Å²) in [6, 6.07) is 5.70. The number of thiazole rings is 1. The summed E-state index contributed by atoms with van der Waals surface area (Å²) in [4.78, 5) is 39.1. The standard InChI is InChI=1S/C17H18F2N4O4S/c1-9-14(10-2-4-11(5-3-10)15(25)26)28-17(22-9)23-16(27)20-7-6-13(24)21-8-12(18)19/h2-5,12H,6-8H2,1H3,(H,21,24)(H,25,26)(H2,20,22,23,27). The molecule has 3 amide bonds. The average Bonchev–Trinajstić information content (AvgIpc) is 3.00. The molecule has 0 saturated carbocycles. The number of alkyl halides is 2. The van der Waals surface area contributed by atoms with E-state index in [4.69, 9.17) is 5.11 Å². The Bertz CT molecular complexity index is 855. The van der Waals surface area contributed by atoms with Crippen LogP contribution in [-0.2, 0) is 4.79 Å². The summed E-state index contributed by atoms with van der Waals surface area (Å²) in [5.41, 5.74) is 1.60. The molecule has 2 aromatic rings. The fourth-order valence-electron chi connectivity index (χ4n) is 2.19. The molecule has 0 fully saturated rings. The van der Waals surface area contributed by atoms with Gasteiger partial charge in [0.2, 0.25) is 5.91 Å². The summed E-state index contributed by atoms with van der Waals surface area (Å²) in [7, 11) is 0. The van der Waals surface area contributed by atoms with Crippen molar-refractivity contribution in [1.29, 1.82) is 0 Å². The number of carboxylic acids is 1. The second-order valence-electron chi connectivity index (χ2n) is 5.64. The highest BCUT2D eigenvalue weighted by molar-refractivity contribution is 7.19. The Morgan fingerprint density at radius 3 is 2.46 bits per heavy atom. The number of carbonyl (C=O) groups excluding carboxylic acids is 2. The van der Waals surface area contributed by atoms with Gasteiger partial charge in [0.1, 0.15) is 0 Å². The number of carbonyl (C=O) groups is 3. The lowest BCUT2D eigenvalue weighted by atomic mass is 10.1. The van der Waals surface area contributed by atoms with Crippen molar-refractivity contribution in [3.8, 4) is 10.4 Å². The van der Waals surface area contributed by atoms with Gasteiger partial charge in [-0.3, -0.25) is 10.1 Å². The Labute approximate surface area is 163 Å². The number of nitrogens with zero attached hydrogens (tertiary/aromatic N) is 1. The van der Waals surface area contributed by atoms with Gasteiger partial charge in [-0.1, -0.05) is 23.5 Å². The molecule has 8 nitrogen and oxygen atoms in total. The summed E-state index contributed by atoms with van der Waals surface area (Å²) in [5, 5.41) is 16.3. The van der Waals surface area contributed by atoms with E-state index in [-0.39, 0.29) is 18.5 Å². The second kappa shape index (κ2) is 9.74. The summed E-state index contributed by atoms with van der Waals surface area (Å²) in [6.07, 6.45) is -2.75. The maximum absolute atomic E-state index is 12.0. The van der Waals surface area contributed by atoms with Gasteiger partial charge >= 0.3 is 12.0 Å². The van der Waals surface area contributed by atoms with Gasteiger partial charge in [-0.2, -0.15) is 0 Å². The van der Waals surface area contributed by atoms with Crippen LogP contribution in [-0.4, -0.2) is 47.5 Å². The molecule has 150 valence electrons. The molecule has 0 unspecified atom stereocenters. The normalized spacial score (nSPS) is 10.6. The van der Waals surface area contributed by atoms with Gasteiger partial charge < -0.3 is 15.7 Å². The average molecular weight is 412 g/mol. The number of carboxylic acid groups (broad SMARTS) is 1. The minimum atomic E-state index is -2.62. The molecule has 2 rings (SSSR count). The third-order valence-corrected chi connectivity index (χ3v) is 4.62. The quantitative estimate of drug-likeness (QED) is 0.531. The summed E-state index contributed by atoms with van der Waals surface area (Å²) >= 11 is 1.21. The number of urea groups is 1. The van der Waals surface area contributed by atoms with Gasteiger partial charge in [-0.25, -0.2) is 23.4 Å². The smallest absolute Gasteiger partial charge is 0.335 e. The van der Waals surface area contributed by atoms with Crippen LogP contribution in [0.4, 0.5) is 18.7 Å². The first-order chi connectivity index (χ1) is 13.3. The maximum atomic E-state index is 12.0. The Hall–Kier alpha value is -3.08. The van der Waals surface area contributed by atoms with Gasteiger partial charge in [0.15, 0.2) is 5.13 Å². The zero-order valence-corrected chi connectivity index (χ0v) is 15.6. The van der Waals surface area contributed by atoms with Crippen LogP contribution in [0, 0.1) is 6.92 Å². The van der Waals surface area contributed by atoms with Gasteiger partial charge in [0.05, 0.1) is 22.7 Å². The minimum absolute atomic E-state index is 0.0191. The van der Waals surface area contributed by atoms with E-state index in [1.807, 2.05) is 5.32 Å². The van der Waals surface area contributed by atoms with Crippen molar-refractivity contribution in [2.45, 2.75) is 19.8 Å². The highest BCUT2D eigenvalue weighted by atomic mass is 32.1. The lowest BCUT2D eigenvalue weighted by Gasteiger charge is -2.06. The third kappa shape index (κ3) is 6.27. The van der Waals surface area contributed by atoms with Crippen molar-refractivity contribution < 1.29 is 28.3 Å². The molecule has 1 aromatic heterocycles. The van der Waals surface area contributed by atoms with E-state index in [0.29, 0.717) is 10.8 Å². The Morgan fingerprint density at radius 2 is 1.86 bits per heavy atom. The number of nitrogens with one attached hydrogen (secondary N) is 3. The molecule has 0 saturated heterocycles. The lowest BCUT2D eigenvalue weighted by Crippen LogP contribution is -2.34. The third-order valence-electron chi connectivity index (χ3n) is 3.50. The molecule has 1 heterocycles. The molecule has 0 atom stereocenters. The van der Waals surface area contributed by atoms with Gasteiger partial charge in [0, 0.05) is 13.0 Å². The topological polar surface area (TPSA) is 120 Å². The Kier molecular flexibility index (Phi) is 7.38. The number of aromatic carboxylic acids is 1. The molecule has 28 heavy (non-hydrogen) atoms. The molecule has 1 aromatic carbocycles. The van der Waals surface area contributed by atoms with Crippen molar-refractivity contribution in [2.24, 2.45) is 0 Å². The van der Waals surface area contributed by atoms with E-state index in [2.05, 4.69) is 15.6 Å². The molecule has 0 radical (unpaired) electrons. The number of halogens is 2. The highest BCUT2D eigenvalue weighted by Gasteiger charge is 2.13. The van der Waals surface area contributed by atoms with Gasteiger partial charge in [-0.15, -0.1) is 0 Å². The monoisotopic (exact) mass is 412 g/mol. The minimum Gasteiger partial charge on any atom is -0.478 e. The summed E-state index contributed by atoms with van der Waals surface area (Å²) in [5.74, 6) is -1.60. The fraction of sp³-hybridized carbons (Fsp3) is 0.294. The largest absolute Gasteiger partial charge is 0.478 e. The van der Waals surface area contributed by atoms with Crippen LogP contribution in [0.25, 0.3) is 10.4 Å². The van der Waals surface area contributed by atoms with Crippen molar-refractivity contribution in [3.63, 3.8) is 0 Å².